The molecule has 0 aliphatic heterocycles. The molecule has 1 aliphatic rings. The topological polar surface area (TPSA) is 17.1 Å². The molecule has 0 N–H and O–H groups in total. The van der Waals surface area contributed by atoms with Crippen molar-refractivity contribution in [2.75, 3.05) is 5.75 Å². The SMILES string of the molecule is CC[C@H]1CCCCC(=O)[C@H]1CSc1ccccc1. The van der Waals surface area contributed by atoms with Gasteiger partial charge in [-0.2, -0.15) is 0 Å². The summed E-state index contributed by atoms with van der Waals surface area (Å²) in [5, 5.41) is 0. The normalized spacial score (nSPS) is 24.8. The molecular formula is C16H22OS. The zero-order valence-electron chi connectivity index (χ0n) is 11.1. The van der Waals surface area contributed by atoms with Crippen LogP contribution in [0.1, 0.15) is 39.0 Å². The van der Waals surface area contributed by atoms with Gasteiger partial charge in [0.25, 0.3) is 0 Å². The number of benzene rings is 1. The molecule has 1 aromatic rings. The first-order valence-electron chi connectivity index (χ1n) is 7.02. The van der Waals surface area contributed by atoms with Gasteiger partial charge in [0.2, 0.25) is 0 Å². The Kier molecular flexibility index (Phi) is 5.30. The molecule has 2 rings (SSSR count). The van der Waals surface area contributed by atoms with Crippen LogP contribution in [0.25, 0.3) is 0 Å². The summed E-state index contributed by atoms with van der Waals surface area (Å²) in [6.45, 7) is 2.23. The largest absolute Gasteiger partial charge is 0.299 e. The van der Waals surface area contributed by atoms with E-state index < -0.39 is 0 Å². The van der Waals surface area contributed by atoms with E-state index in [9.17, 15) is 4.79 Å². The maximum absolute atomic E-state index is 12.2. The van der Waals surface area contributed by atoms with Crippen molar-refractivity contribution in [3.05, 3.63) is 30.3 Å². The molecule has 2 heteroatoms. The predicted molar refractivity (Wildman–Crippen MR) is 77.9 cm³/mol. The second-order valence-corrected chi connectivity index (χ2v) is 6.20. The van der Waals surface area contributed by atoms with Gasteiger partial charge in [-0.25, -0.2) is 0 Å². The average molecular weight is 262 g/mol. The van der Waals surface area contributed by atoms with Crippen LogP contribution in [0.5, 0.6) is 0 Å². The van der Waals surface area contributed by atoms with Crippen LogP contribution in [0.4, 0.5) is 0 Å². The lowest BCUT2D eigenvalue weighted by Gasteiger charge is -2.22. The summed E-state index contributed by atoms with van der Waals surface area (Å²) in [6, 6.07) is 10.4. The number of carbonyl (C=O) groups excluding carboxylic acids is 1. The first kappa shape index (κ1) is 13.7. The van der Waals surface area contributed by atoms with E-state index in [0.717, 1.165) is 25.0 Å². The van der Waals surface area contributed by atoms with E-state index >= 15 is 0 Å². The van der Waals surface area contributed by atoms with Crippen LogP contribution in [0.3, 0.4) is 0 Å². The number of thioether (sulfide) groups is 1. The standard InChI is InChI=1S/C16H22OS/c1-2-13-8-6-7-11-16(17)15(13)12-18-14-9-4-3-5-10-14/h3-5,9-10,13,15H,2,6-8,11-12H2,1H3/t13-,15-/m0/s1. The molecule has 18 heavy (non-hydrogen) atoms. The van der Waals surface area contributed by atoms with Gasteiger partial charge in [-0.05, 0) is 30.9 Å². The monoisotopic (exact) mass is 262 g/mol. The zero-order valence-corrected chi connectivity index (χ0v) is 11.9. The first-order chi connectivity index (χ1) is 8.81. The lowest BCUT2D eigenvalue weighted by atomic mass is 9.87. The lowest BCUT2D eigenvalue weighted by molar-refractivity contribution is -0.123. The molecule has 1 nitrogen and oxygen atoms in total. The van der Waals surface area contributed by atoms with Crippen molar-refractivity contribution >= 4 is 17.5 Å². The minimum Gasteiger partial charge on any atom is -0.299 e. The minimum atomic E-state index is 0.280. The molecule has 2 atom stereocenters. The van der Waals surface area contributed by atoms with Gasteiger partial charge >= 0.3 is 0 Å². The maximum Gasteiger partial charge on any atom is 0.137 e. The number of hydrogen-bond acceptors (Lipinski definition) is 2. The third kappa shape index (κ3) is 3.61. The Hall–Kier alpha value is -0.760. The Morgan fingerprint density at radius 2 is 2.00 bits per heavy atom. The Labute approximate surface area is 114 Å². The molecule has 0 radical (unpaired) electrons. The molecule has 0 saturated heterocycles. The molecule has 1 saturated carbocycles. The van der Waals surface area contributed by atoms with E-state index in [1.54, 1.807) is 0 Å². The maximum atomic E-state index is 12.2. The van der Waals surface area contributed by atoms with Crippen LogP contribution in [0.2, 0.25) is 0 Å². The molecule has 0 aromatic heterocycles. The molecule has 1 aromatic carbocycles. The van der Waals surface area contributed by atoms with Crippen molar-refractivity contribution in [1.82, 2.24) is 0 Å². The zero-order chi connectivity index (χ0) is 12.8. The Morgan fingerprint density at radius 3 is 2.72 bits per heavy atom. The molecule has 0 unspecified atom stereocenters. The molecule has 0 spiro atoms. The highest BCUT2D eigenvalue weighted by molar-refractivity contribution is 7.99. The number of carbonyl (C=O) groups is 1. The van der Waals surface area contributed by atoms with E-state index in [1.165, 1.54) is 17.7 Å². The quantitative estimate of drug-likeness (QED) is 0.584. The van der Waals surface area contributed by atoms with E-state index in [4.69, 9.17) is 0 Å². The van der Waals surface area contributed by atoms with Gasteiger partial charge in [-0.1, -0.05) is 38.0 Å². The van der Waals surface area contributed by atoms with E-state index in [-0.39, 0.29) is 5.92 Å². The number of hydrogen-bond donors (Lipinski definition) is 0. The predicted octanol–water partition coefficient (Wildman–Crippen LogP) is 4.56. The highest BCUT2D eigenvalue weighted by Crippen LogP contribution is 2.33. The summed E-state index contributed by atoms with van der Waals surface area (Å²) in [7, 11) is 0. The van der Waals surface area contributed by atoms with Gasteiger partial charge in [-0.15, -0.1) is 11.8 Å². The summed E-state index contributed by atoms with van der Waals surface area (Å²) in [5.41, 5.74) is 0. The molecule has 0 amide bonds. The fourth-order valence-corrected chi connectivity index (χ4v) is 3.96. The van der Waals surface area contributed by atoms with E-state index in [0.29, 0.717) is 11.7 Å². The highest BCUT2D eigenvalue weighted by Gasteiger charge is 2.28. The highest BCUT2D eigenvalue weighted by atomic mass is 32.2. The second kappa shape index (κ2) is 6.98. The molecule has 0 heterocycles. The van der Waals surface area contributed by atoms with E-state index in [1.807, 2.05) is 17.8 Å². The van der Waals surface area contributed by atoms with Crippen molar-refractivity contribution in [3.8, 4) is 0 Å². The smallest absolute Gasteiger partial charge is 0.137 e. The van der Waals surface area contributed by atoms with Gasteiger partial charge < -0.3 is 0 Å². The Balaban J connectivity index is 1.98. The van der Waals surface area contributed by atoms with Gasteiger partial charge in [-0.3, -0.25) is 4.79 Å². The molecular weight excluding hydrogens is 240 g/mol. The Bertz CT molecular complexity index is 374. The number of rotatable bonds is 4. The van der Waals surface area contributed by atoms with Crippen molar-refractivity contribution in [2.24, 2.45) is 11.8 Å². The second-order valence-electron chi connectivity index (χ2n) is 5.11. The van der Waals surface area contributed by atoms with Crippen LogP contribution in [0.15, 0.2) is 35.2 Å². The van der Waals surface area contributed by atoms with Crippen molar-refractivity contribution in [3.63, 3.8) is 0 Å². The molecule has 1 fully saturated rings. The van der Waals surface area contributed by atoms with Crippen LogP contribution >= 0.6 is 11.8 Å². The third-order valence-corrected chi connectivity index (χ3v) is 5.06. The fraction of sp³-hybridized carbons (Fsp3) is 0.562. The lowest BCUT2D eigenvalue weighted by Crippen LogP contribution is -2.23. The van der Waals surface area contributed by atoms with Crippen LogP contribution in [0, 0.1) is 11.8 Å². The number of ketones is 1. The van der Waals surface area contributed by atoms with Gasteiger partial charge in [0.1, 0.15) is 5.78 Å². The Morgan fingerprint density at radius 1 is 1.22 bits per heavy atom. The number of Topliss-reactive ketones (excluding diaryl/α,β-unsaturated/α-hetero) is 1. The van der Waals surface area contributed by atoms with Crippen molar-refractivity contribution < 1.29 is 4.79 Å². The summed E-state index contributed by atoms with van der Waals surface area (Å²) in [4.78, 5) is 13.5. The summed E-state index contributed by atoms with van der Waals surface area (Å²) in [6.07, 6.45) is 5.52. The fourth-order valence-electron chi connectivity index (χ4n) is 2.78. The van der Waals surface area contributed by atoms with Gasteiger partial charge in [0.05, 0.1) is 0 Å². The van der Waals surface area contributed by atoms with E-state index in [2.05, 4.69) is 31.2 Å². The minimum absolute atomic E-state index is 0.280. The van der Waals surface area contributed by atoms with Gasteiger partial charge in [0.15, 0.2) is 0 Å². The van der Waals surface area contributed by atoms with Crippen LogP contribution in [-0.4, -0.2) is 11.5 Å². The van der Waals surface area contributed by atoms with Crippen LogP contribution in [-0.2, 0) is 4.79 Å². The molecule has 1 aliphatic carbocycles. The van der Waals surface area contributed by atoms with Gasteiger partial charge in [0, 0.05) is 23.0 Å². The third-order valence-electron chi connectivity index (χ3n) is 3.93. The molecule has 98 valence electrons. The summed E-state index contributed by atoms with van der Waals surface area (Å²) in [5.74, 6) is 2.35. The van der Waals surface area contributed by atoms with Crippen LogP contribution < -0.4 is 0 Å². The average Bonchev–Trinajstić information content (AvgIpc) is 2.59. The molecule has 0 bridgehead atoms. The van der Waals surface area contributed by atoms with Crippen molar-refractivity contribution in [1.29, 1.82) is 0 Å². The summed E-state index contributed by atoms with van der Waals surface area (Å²) >= 11 is 1.84. The first-order valence-corrected chi connectivity index (χ1v) is 8.00. The van der Waals surface area contributed by atoms with Crippen molar-refractivity contribution in [2.45, 2.75) is 43.9 Å². The summed E-state index contributed by atoms with van der Waals surface area (Å²) < 4.78 is 0.